The third kappa shape index (κ3) is 1.13. The lowest BCUT2D eigenvalue weighted by atomic mass is 9.71. The maximum Gasteiger partial charge on any atom is 0.223 e. The summed E-state index contributed by atoms with van der Waals surface area (Å²) in [6.07, 6.45) is 3.95. The van der Waals surface area contributed by atoms with Crippen molar-refractivity contribution in [1.29, 1.82) is 0 Å². The molecule has 1 saturated heterocycles. The molecule has 1 aliphatic carbocycles. The summed E-state index contributed by atoms with van der Waals surface area (Å²) >= 11 is 0. The second-order valence-corrected chi connectivity index (χ2v) is 3.74. The minimum Gasteiger partial charge on any atom is -0.393 e. The number of carbonyl (C=O) groups is 1. The Morgan fingerprint density at radius 1 is 1.55 bits per heavy atom. The number of piperidine rings is 1. The Hall–Kier alpha value is -0.570. The van der Waals surface area contributed by atoms with E-state index in [0.717, 1.165) is 19.3 Å². The third-order valence-corrected chi connectivity index (χ3v) is 2.76. The molecule has 1 saturated carbocycles. The summed E-state index contributed by atoms with van der Waals surface area (Å²) in [4.78, 5) is 11.0. The predicted octanol–water partition coefficient (Wildman–Crippen LogP) is 0.180. The van der Waals surface area contributed by atoms with Gasteiger partial charge in [-0.05, 0) is 25.7 Å². The van der Waals surface area contributed by atoms with Crippen molar-refractivity contribution >= 4 is 5.91 Å². The fourth-order valence-corrected chi connectivity index (χ4v) is 2.07. The lowest BCUT2D eigenvalue weighted by molar-refractivity contribution is -0.131. The molecule has 1 aliphatic heterocycles. The standard InChI is InChI=1S/C8H13NO2/c10-6-4-7(11)9-8(5-6)2-1-3-8/h6,10H,1-5H2,(H,9,11)/t6-/m0/s1. The third-order valence-electron chi connectivity index (χ3n) is 2.76. The van der Waals surface area contributed by atoms with E-state index in [4.69, 9.17) is 0 Å². The van der Waals surface area contributed by atoms with Crippen molar-refractivity contribution < 1.29 is 9.90 Å². The summed E-state index contributed by atoms with van der Waals surface area (Å²) in [7, 11) is 0. The SMILES string of the molecule is O=C1C[C@H](O)CC2(CCC2)N1. The molecule has 1 atom stereocenters. The molecule has 0 aromatic rings. The van der Waals surface area contributed by atoms with Crippen LogP contribution in [0.5, 0.6) is 0 Å². The van der Waals surface area contributed by atoms with Crippen LogP contribution in [0, 0.1) is 0 Å². The Balaban J connectivity index is 2.06. The number of aliphatic hydroxyl groups excluding tert-OH is 1. The Morgan fingerprint density at radius 2 is 2.27 bits per heavy atom. The number of carbonyl (C=O) groups excluding carboxylic acids is 1. The molecule has 3 nitrogen and oxygen atoms in total. The molecule has 0 bridgehead atoms. The van der Waals surface area contributed by atoms with Crippen molar-refractivity contribution in [2.45, 2.75) is 43.7 Å². The van der Waals surface area contributed by atoms with Crippen LogP contribution < -0.4 is 5.32 Å². The lowest BCUT2D eigenvalue weighted by Crippen LogP contribution is -2.59. The summed E-state index contributed by atoms with van der Waals surface area (Å²) < 4.78 is 0. The van der Waals surface area contributed by atoms with Crippen molar-refractivity contribution in [1.82, 2.24) is 5.32 Å². The highest BCUT2D eigenvalue weighted by Gasteiger charge is 2.43. The molecule has 1 amide bonds. The molecule has 11 heavy (non-hydrogen) atoms. The van der Waals surface area contributed by atoms with Crippen LogP contribution >= 0.6 is 0 Å². The van der Waals surface area contributed by atoms with Gasteiger partial charge in [0, 0.05) is 5.54 Å². The normalized spacial score (nSPS) is 34.6. The van der Waals surface area contributed by atoms with Gasteiger partial charge in [-0.3, -0.25) is 4.79 Å². The van der Waals surface area contributed by atoms with Crippen LogP contribution in [0.4, 0.5) is 0 Å². The zero-order chi connectivity index (χ0) is 7.90. The highest BCUT2D eigenvalue weighted by Crippen LogP contribution is 2.38. The highest BCUT2D eigenvalue weighted by molar-refractivity contribution is 5.78. The fourth-order valence-electron chi connectivity index (χ4n) is 2.07. The van der Waals surface area contributed by atoms with Crippen LogP contribution in [-0.2, 0) is 4.79 Å². The number of hydrogen-bond donors (Lipinski definition) is 2. The van der Waals surface area contributed by atoms with Gasteiger partial charge >= 0.3 is 0 Å². The van der Waals surface area contributed by atoms with Crippen molar-refractivity contribution in [2.75, 3.05) is 0 Å². The van der Waals surface area contributed by atoms with Crippen LogP contribution in [0.3, 0.4) is 0 Å². The molecule has 3 heteroatoms. The van der Waals surface area contributed by atoms with E-state index in [2.05, 4.69) is 5.32 Å². The zero-order valence-electron chi connectivity index (χ0n) is 6.47. The number of rotatable bonds is 0. The lowest BCUT2D eigenvalue weighted by Gasteiger charge is -2.46. The van der Waals surface area contributed by atoms with Gasteiger partial charge in [0.25, 0.3) is 0 Å². The second kappa shape index (κ2) is 2.21. The van der Waals surface area contributed by atoms with Gasteiger partial charge < -0.3 is 10.4 Å². The Bertz CT molecular complexity index is 187. The summed E-state index contributed by atoms with van der Waals surface area (Å²) in [5, 5.41) is 12.3. The maximum atomic E-state index is 11.0. The molecule has 0 unspecified atom stereocenters. The molecular weight excluding hydrogens is 142 g/mol. The van der Waals surface area contributed by atoms with Crippen molar-refractivity contribution in [3.8, 4) is 0 Å². The molecule has 1 heterocycles. The molecule has 2 N–H and O–H groups in total. The fraction of sp³-hybridized carbons (Fsp3) is 0.875. The minimum atomic E-state index is -0.399. The van der Waals surface area contributed by atoms with Crippen molar-refractivity contribution in [2.24, 2.45) is 0 Å². The highest BCUT2D eigenvalue weighted by atomic mass is 16.3. The summed E-state index contributed by atoms with van der Waals surface area (Å²) in [5.41, 5.74) is -0.00521. The molecule has 2 fully saturated rings. The average molecular weight is 155 g/mol. The average Bonchev–Trinajstić information content (AvgIpc) is 1.82. The summed E-state index contributed by atoms with van der Waals surface area (Å²) in [6.45, 7) is 0. The monoisotopic (exact) mass is 155 g/mol. The zero-order valence-corrected chi connectivity index (χ0v) is 6.47. The number of amides is 1. The van der Waals surface area contributed by atoms with Gasteiger partial charge in [0.1, 0.15) is 0 Å². The van der Waals surface area contributed by atoms with Crippen molar-refractivity contribution in [3.05, 3.63) is 0 Å². The quantitative estimate of drug-likeness (QED) is 0.524. The van der Waals surface area contributed by atoms with Gasteiger partial charge in [0.2, 0.25) is 5.91 Å². The number of nitrogens with one attached hydrogen (secondary N) is 1. The molecule has 0 aromatic carbocycles. The number of aliphatic hydroxyl groups is 1. The summed E-state index contributed by atoms with van der Waals surface area (Å²) in [5.74, 6) is 0.0171. The van der Waals surface area contributed by atoms with E-state index in [1.54, 1.807) is 0 Å². The van der Waals surface area contributed by atoms with Crippen LogP contribution in [0.2, 0.25) is 0 Å². The van der Waals surface area contributed by atoms with Crippen LogP contribution in [-0.4, -0.2) is 22.7 Å². The van der Waals surface area contributed by atoms with E-state index in [-0.39, 0.29) is 11.4 Å². The molecule has 62 valence electrons. The van der Waals surface area contributed by atoms with Gasteiger partial charge in [-0.25, -0.2) is 0 Å². The van der Waals surface area contributed by atoms with Crippen LogP contribution in [0.1, 0.15) is 32.1 Å². The van der Waals surface area contributed by atoms with E-state index < -0.39 is 6.10 Å². The Labute approximate surface area is 65.8 Å². The first-order chi connectivity index (χ1) is 5.20. The molecule has 2 rings (SSSR count). The van der Waals surface area contributed by atoms with E-state index in [9.17, 15) is 9.90 Å². The van der Waals surface area contributed by atoms with Crippen molar-refractivity contribution in [3.63, 3.8) is 0 Å². The first-order valence-electron chi connectivity index (χ1n) is 4.19. The van der Waals surface area contributed by atoms with E-state index >= 15 is 0 Å². The Kier molecular flexibility index (Phi) is 1.42. The van der Waals surface area contributed by atoms with Gasteiger partial charge in [-0.15, -0.1) is 0 Å². The maximum absolute atomic E-state index is 11.0. The van der Waals surface area contributed by atoms with E-state index in [0.29, 0.717) is 6.42 Å². The Morgan fingerprint density at radius 3 is 2.73 bits per heavy atom. The molecule has 0 aromatic heterocycles. The van der Waals surface area contributed by atoms with Crippen LogP contribution in [0.25, 0.3) is 0 Å². The minimum absolute atomic E-state index is 0.00521. The van der Waals surface area contributed by atoms with Gasteiger partial charge in [-0.1, -0.05) is 0 Å². The smallest absolute Gasteiger partial charge is 0.223 e. The van der Waals surface area contributed by atoms with Gasteiger partial charge in [0.15, 0.2) is 0 Å². The number of hydrogen-bond acceptors (Lipinski definition) is 2. The predicted molar refractivity (Wildman–Crippen MR) is 40.0 cm³/mol. The van der Waals surface area contributed by atoms with E-state index in [1.165, 1.54) is 6.42 Å². The molecule has 2 aliphatic rings. The second-order valence-electron chi connectivity index (χ2n) is 3.74. The molecule has 0 radical (unpaired) electrons. The molecule has 1 spiro atoms. The topological polar surface area (TPSA) is 49.3 Å². The van der Waals surface area contributed by atoms with Gasteiger partial charge in [0.05, 0.1) is 12.5 Å². The molecular formula is C8H13NO2. The first kappa shape index (κ1) is 7.10. The summed E-state index contributed by atoms with van der Waals surface area (Å²) in [6, 6.07) is 0. The van der Waals surface area contributed by atoms with E-state index in [1.807, 2.05) is 0 Å². The van der Waals surface area contributed by atoms with Gasteiger partial charge in [-0.2, -0.15) is 0 Å². The largest absolute Gasteiger partial charge is 0.393 e. The first-order valence-corrected chi connectivity index (χ1v) is 4.19. The van der Waals surface area contributed by atoms with Crippen LogP contribution in [0.15, 0.2) is 0 Å².